The second kappa shape index (κ2) is 3.40. The molecule has 0 spiro atoms. The highest BCUT2D eigenvalue weighted by atomic mass is 35.5. The smallest absolute Gasteiger partial charge is 0.0374 e. The van der Waals surface area contributed by atoms with Crippen LogP contribution in [0.1, 0.15) is 13.3 Å². The van der Waals surface area contributed by atoms with Gasteiger partial charge < -0.3 is 5.32 Å². The van der Waals surface area contributed by atoms with Gasteiger partial charge in [0.25, 0.3) is 0 Å². The highest BCUT2D eigenvalue weighted by molar-refractivity contribution is 6.13. The molecule has 9 heavy (non-hydrogen) atoms. The van der Waals surface area contributed by atoms with Crippen molar-refractivity contribution >= 4 is 11.8 Å². The Morgan fingerprint density at radius 3 is 3.00 bits per heavy atom. The molecule has 1 aliphatic heterocycles. The zero-order valence-corrected chi connectivity index (χ0v) is 6.49. The van der Waals surface area contributed by atoms with Gasteiger partial charge >= 0.3 is 0 Å². The first kappa shape index (κ1) is 7.32. The van der Waals surface area contributed by atoms with E-state index in [1.807, 2.05) is 4.42 Å². The largest absolute Gasteiger partial charge is 0.314 e. The maximum atomic E-state index is 5.88. The SMILES string of the molecule is CCC1CNCCN1Cl. The lowest BCUT2D eigenvalue weighted by atomic mass is 10.2. The molecular formula is C6H13ClN2. The van der Waals surface area contributed by atoms with Gasteiger partial charge in [0, 0.05) is 25.7 Å². The van der Waals surface area contributed by atoms with Crippen molar-refractivity contribution in [3.05, 3.63) is 0 Å². The van der Waals surface area contributed by atoms with Crippen LogP contribution in [0.3, 0.4) is 0 Å². The van der Waals surface area contributed by atoms with Crippen molar-refractivity contribution < 1.29 is 0 Å². The van der Waals surface area contributed by atoms with Crippen molar-refractivity contribution in [3.63, 3.8) is 0 Å². The lowest BCUT2D eigenvalue weighted by molar-refractivity contribution is 0.273. The molecule has 1 aliphatic rings. The molecule has 1 atom stereocenters. The van der Waals surface area contributed by atoms with Gasteiger partial charge in [-0.25, -0.2) is 4.42 Å². The van der Waals surface area contributed by atoms with E-state index in [1.165, 1.54) is 0 Å². The summed E-state index contributed by atoms with van der Waals surface area (Å²) < 4.78 is 1.90. The first-order valence-corrected chi connectivity index (χ1v) is 3.81. The van der Waals surface area contributed by atoms with E-state index in [4.69, 9.17) is 11.8 Å². The molecule has 0 aromatic rings. The van der Waals surface area contributed by atoms with E-state index in [9.17, 15) is 0 Å². The van der Waals surface area contributed by atoms with Crippen LogP contribution in [0.4, 0.5) is 0 Å². The number of rotatable bonds is 1. The maximum absolute atomic E-state index is 5.88. The van der Waals surface area contributed by atoms with Crippen molar-refractivity contribution in [2.45, 2.75) is 19.4 Å². The standard InChI is InChI=1S/C6H13ClN2/c1-2-6-5-8-3-4-9(6)7/h6,8H,2-5H2,1H3. The van der Waals surface area contributed by atoms with Gasteiger partial charge in [0.1, 0.15) is 0 Å². The molecule has 0 aromatic heterocycles. The fraction of sp³-hybridized carbons (Fsp3) is 1.00. The van der Waals surface area contributed by atoms with Crippen molar-refractivity contribution in [3.8, 4) is 0 Å². The van der Waals surface area contributed by atoms with Gasteiger partial charge in [-0.2, -0.15) is 0 Å². The minimum absolute atomic E-state index is 0.542. The van der Waals surface area contributed by atoms with Crippen LogP contribution >= 0.6 is 11.8 Å². The molecular weight excluding hydrogens is 136 g/mol. The minimum Gasteiger partial charge on any atom is -0.314 e. The lowest BCUT2D eigenvalue weighted by Crippen LogP contribution is -2.46. The summed E-state index contributed by atoms with van der Waals surface area (Å²) in [6, 6.07) is 0.542. The third kappa shape index (κ3) is 1.81. The quantitative estimate of drug-likeness (QED) is 0.554. The van der Waals surface area contributed by atoms with E-state index >= 15 is 0 Å². The van der Waals surface area contributed by atoms with Crippen LogP contribution < -0.4 is 5.32 Å². The van der Waals surface area contributed by atoms with Crippen LogP contribution in [0, 0.1) is 0 Å². The molecule has 0 radical (unpaired) electrons. The zero-order chi connectivity index (χ0) is 6.69. The molecule has 0 aromatic carbocycles. The Labute approximate surface area is 61.3 Å². The second-order valence-electron chi connectivity index (χ2n) is 2.39. The summed E-state index contributed by atoms with van der Waals surface area (Å²) >= 11 is 5.88. The van der Waals surface area contributed by atoms with Gasteiger partial charge in [0.15, 0.2) is 0 Å². The molecule has 1 unspecified atom stereocenters. The molecule has 54 valence electrons. The van der Waals surface area contributed by atoms with Gasteiger partial charge in [-0.15, -0.1) is 0 Å². The van der Waals surface area contributed by atoms with Crippen LogP contribution in [0.2, 0.25) is 0 Å². The fourth-order valence-electron chi connectivity index (χ4n) is 1.08. The molecule has 0 aliphatic carbocycles. The van der Waals surface area contributed by atoms with Crippen LogP contribution in [0.15, 0.2) is 0 Å². The molecule has 1 N–H and O–H groups in total. The monoisotopic (exact) mass is 148 g/mol. The Morgan fingerprint density at radius 2 is 2.56 bits per heavy atom. The summed E-state index contributed by atoms with van der Waals surface area (Å²) in [6.07, 6.45) is 1.14. The summed E-state index contributed by atoms with van der Waals surface area (Å²) in [4.78, 5) is 0. The number of hydrogen-bond donors (Lipinski definition) is 1. The molecule has 0 bridgehead atoms. The average molecular weight is 149 g/mol. The first-order chi connectivity index (χ1) is 4.34. The number of nitrogens with zero attached hydrogens (tertiary/aromatic N) is 1. The van der Waals surface area contributed by atoms with Gasteiger partial charge in [0.05, 0.1) is 0 Å². The zero-order valence-electron chi connectivity index (χ0n) is 5.73. The van der Waals surface area contributed by atoms with Gasteiger partial charge in [-0.1, -0.05) is 6.92 Å². The van der Waals surface area contributed by atoms with Crippen LogP contribution in [0.25, 0.3) is 0 Å². The van der Waals surface area contributed by atoms with Crippen molar-refractivity contribution in [1.29, 1.82) is 0 Å². The van der Waals surface area contributed by atoms with E-state index in [0.29, 0.717) is 6.04 Å². The third-order valence-electron chi connectivity index (χ3n) is 1.75. The Hall–Kier alpha value is 0.210. The fourth-order valence-corrected chi connectivity index (χ4v) is 1.37. The summed E-state index contributed by atoms with van der Waals surface area (Å²) in [5, 5.41) is 3.29. The van der Waals surface area contributed by atoms with E-state index in [2.05, 4.69) is 12.2 Å². The lowest BCUT2D eigenvalue weighted by Gasteiger charge is -2.29. The first-order valence-electron chi connectivity index (χ1n) is 3.47. The number of piperazine rings is 1. The molecule has 0 saturated carbocycles. The second-order valence-corrected chi connectivity index (χ2v) is 2.82. The van der Waals surface area contributed by atoms with Gasteiger partial charge in [-0.3, -0.25) is 0 Å². The average Bonchev–Trinajstić information content (AvgIpc) is 1.89. The van der Waals surface area contributed by atoms with Gasteiger partial charge in [0.2, 0.25) is 0 Å². The predicted molar refractivity (Wildman–Crippen MR) is 39.5 cm³/mol. The topological polar surface area (TPSA) is 15.3 Å². The Bertz CT molecular complexity index is 87.1. The Kier molecular flexibility index (Phi) is 2.76. The minimum atomic E-state index is 0.542. The van der Waals surface area contributed by atoms with Crippen molar-refractivity contribution in [2.75, 3.05) is 19.6 Å². The third-order valence-corrected chi connectivity index (χ3v) is 2.19. The van der Waals surface area contributed by atoms with E-state index in [1.54, 1.807) is 0 Å². The van der Waals surface area contributed by atoms with Gasteiger partial charge in [-0.05, 0) is 18.2 Å². The summed E-state index contributed by atoms with van der Waals surface area (Å²) in [6.45, 7) is 5.20. The van der Waals surface area contributed by atoms with Crippen molar-refractivity contribution in [2.24, 2.45) is 0 Å². The van der Waals surface area contributed by atoms with Crippen molar-refractivity contribution in [1.82, 2.24) is 9.74 Å². The molecule has 0 amide bonds. The van der Waals surface area contributed by atoms with Crippen LogP contribution in [0.5, 0.6) is 0 Å². The maximum Gasteiger partial charge on any atom is 0.0374 e. The van der Waals surface area contributed by atoms with Crippen LogP contribution in [-0.2, 0) is 0 Å². The van der Waals surface area contributed by atoms with E-state index in [0.717, 1.165) is 26.1 Å². The molecule has 2 nitrogen and oxygen atoms in total. The highest BCUT2D eigenvalue weighted by Gasteiger charge is 2.17. The summed E-state index contributed by atoms with van der Waals surface area (Å²) in [7, 11) is 0. The Morgan fingerprint density at radius 1 is 1.78 bits per heavy atom. The van der Waals surface area contributed by atoms with Crippen LogP contribution in [-0.4, -0.2) is 30.1 Å². The number of halogens is 1. The molecule has 3 heteroatoms. The molecule has 1 fully saturated rings. The Balaban J connectivity index is 2.30. The molecule has 1 saturated heterocycles. The highest BCUT2D eigenvalue weighted by Crippen LogP contribution is 2.08. The predicted octanol–water partition coefficient (Wildman–Crippen LogP) is 0.824. The molecule has 1 rings (SSSR count). The normalized spacial score (nSPS) is 30.7. The summed E-state index contributed by atoms with van der Waals surface area (Å²) in [5.41, 5.74) is 0. The summed E-state index contributed by atoms with van der Waals surface area (Å²) in [5.74, 6) is 0. The number of nitrogens with one attached hydrogen (secondary N) is 1. The van der Waals surface area contributed by atoms with E-state index < -0.39 is 0 Å². The molecule has 1 heterocycles. The van der Waals surface area contributed by atoms with E-state index in [-0.39, 0.29) is 0 Å². The number of hydrogen-bond acceptors (Lipinski definition) is 2.